The summed E-state index contributed by atoms with van der Waals surface area (Å²) in [5, 5.41) is 13.0. The number of hydrogen-bond donors (Lipinski definition) is 2. The van der Waals surface area contributed by atoms with Crippen LogP contribution in [0.25, 0.3) is 0 Å². The second kappa shape index (κ2) is 7.59. The fraction of sp³-hybridized carbons (Fsp3) is 0.941. The van der Waals surface area contributed by atoms with E-state index in [1.54, 1.807) is 0 Å². The minimum Gasteiger partial charge on any atom is -0.480 e. The van der Waals surface area contributed by atoms with Gasteiger partial charge in [0, 0.05) is 6.04 Å². The van der Waals surface area contributed by atoms with E-state index < -0.39 is 11.5 Å². The van der Waals surface area contributed by atoms with Crippen molar-refractivity contribution in [1.29, 1.82) is 0 Å². The molecule has 1 saturated carbocycles. The molecule has 2 fully saturated rings. The molecule has 122 valence electrons. The number of rotatable bonds is 7. The maximum Gasteiger partial charge on any atom is 0.324 e. The Morgan fingerprint density at radius 1 is 1.29 bits per heavy atom. The monoisotopic (exact) mass is 296 g/mol. The first kappa shape index (κ1) is 16.8. The molecule has 0 radical (unpaired) electrons. The van der Waals surface area contributed by atoms with Crippen molar-refractivity contribution in [2.45, 2.75) is 76.8 Å². The maximum absolute atomic E-state index is 11.8. The first-order valence-corrected chi connectivity index (χ1v) is 8.86. The number of nitrogens with one attached hydrogen (secondary N) is 1. The Morgan fingerprint density at radius 3 is 2.76 bits per heavy atom. The minimum atomic E-state index is -0.660. The lowest BCUT2D eigenvalue weighted by atomic mass is 9.84. The summed E-state index contributed by atoms with van der Waals surface area (Å²) in [5.41, 5.74) is -0.660. The molecule has 2 rings (SSSR count). The summed E-state index contributed by atoms with van der Waals surface area (Å²) in [6, 6.07) is 0.721. The number of carboxylic acids is 1. The molecular weight excluding hydrogens is 264 g/mol. The normalized spacial score (nSPS) is 34.2. The van der Waals surface area contributed by atoms with Gasteiger partial charge in [-0.1, -0.05) is 26.7 Å². The van der Waals surface area contributed by atoms with Crippen molar-refractivity contribution in [3.8, 4) is 0 Å². The van der Waals surface area contributed by atoms with E-state index in [1.807, 2.05) is 6.92 Å². The van der Waals surface area contributed by atoms with Gasteiger partial charge in [-0.15, -0.1) is 0 Å². The van der Waals surface area contributed by atoms with E-state index in [0.29, 0.717) is 0 Å². The standard InChI is InChI=1S/C17H32N2O2/c1-3-15-9-5-6-12-19(15)13-10-14-8-7-11-17(14,16(20)21)18-4-2/h14-15,18H,3-13H2,1-2H3,(H,20,21). The van der Waals surface area contributed by atoms with E-state index in [4.69, 9.17) is 0 Å². The summed E-state index contributed by atoms with van der Waals surface area (Å²) in [6.07, 6.45) is 9.12. The van der Waals surface area contributed by atoms with E-state index >= 15 is 0 Å². The molecule has 0 aromatic rings. The van der Waals surface area contributed by atoms with Gasteiger partial charge in [0.15, 0.2) is 0 Å². The van der Waals surface area contributed by atoms with Gasteiger partial charge in [-0.2, -0.15) is 0 Å². The van der Waals surface area contributed by atoms with E-state index in [9.17, 15) is 9.90 Å². The second-order valence-electron chi connectivity index (χ2n) is 6.78. The van der Waals surface area contributed by atoms with Crippen LogP contribution in [-0.2, 0) is 4.79 Å². The Labute approximate surface area is 129 Å². The zero-order chi connectivity index (χ0) is 15.3. The molecule has 2 N–H and O–H groups in total. The zero-order valence-corrected chi connectivity index (χ0v) is 13.7. The Balaban J connectivity index is 1.95. The lowest BCUT2D eigenvalue weighted by Gasteiger charge is -2.38. The van der Waals surface area contributed by atoms with Crippen molar-refractivity contribution in [3.05, 3.63) is 0 Å². The molecule has 21 heavy (non-hydrogen) atoms. The summed E-state index contributed by atoms with van der Waals surface area (Å²) in [5.74, 6) is -0.355. The summed E-state index contributed by atoms with van der Waals surface area (Å²) in [4.78, 5) is 14.4. The average molecular weight is 296 g/mol. The Bertz CT molecular complexity index is 348. The molecule has 0 aromatic carbocycles. The fourth-order valence-corrected chi connectivity index (χ4v) is 4.51. The van der Waals surface area contributed by atoms with Gasteiger partial charge in [0.2, 0.25) is 0 Å². The molecule has 4 heteroatoms. The number of hydrogen-bond acceptors (Lipinski definition) is 3. The van der Waals surface area contributed by atoms with Gasteiger partial charge < -0.3 is 15.3 Å². The SMILES string of the molecule is CCNC1(C(=O)O)CCCC1CCN1CCCCC1CC. The molecule has 3 unspecified atom stereocenters. The third-order valence-electron chi connectivity index (χ3n) is 5.68. The Kier molecular flexibility index (Phi) is 6.06. The topological polar surface area (TPSA) is 52.6 Å². The smallest absolute Gasteiger partial charge is 0.324 e. The van der Waals surface area contributed by atoms with Gasteiger partial charge in [0.05, 0.1) is 0 Å². The van der Waals surface area contributed by atoms with Gasteiger partial charge >= 0.3 is 5.97 Å². The highest BCUT2D eigenvalue weighted by molar-refractivity contribution is 5.79. The number of nitrogens with zero attached hydrogens (tertiary/aromatic N) is 1. The molecule has 1 heterocycles. The molecule has 0 aromatic heterocycles. The summed E-state index contributed by atoms with van der Waals surface area (Å²) in [7, 11) is 0. The maximum atomic E-state index is 11.8. The number of likely N-dealkylation sites (N-methyl/N-ethyl adjacent to an activating group) is 1. The number of aliphatic carboxylic acids is 1. The van der Waals surface area contributed by atoms with Crippen LogP contribution in [0.4, 0.5) is 0 Å². The zero-order valence-electron chi connectivity index (χ0n) is 13.7. The van der Waals surface area contributed by atoms with Gasteiger partial charge in [0.25, 0.3) is 0 Å². The Hall–Kier alpha value is -0.610. The molecule has 0 amide bonds. The highest BCUT2D eigenvalue weighted by Gasteiger charge is 2.48. The number of piperidine rings is 1. The van der Waals surface area contributed by atoms with E-state index in [1.165, 1.54) is 32.2 Å². The van der Waals surface area contributed by atoms with Crippen LogP contribution in [0, 0.1) is 5.92 Å². The first-order chi connectivity index (χ1) is 10.1. The van der Waals surface area contributed by atoms with Crippen molar-refractivity contribution < 1.29 is 9.90 Å². The fourth-order valence-electron chi connectivity index (χ4n) is 4.51. The van der Waals surface area contributed by atoms with Gasteiger partial charge in [0.1, 0.15) is 5.54 Å². The van der Waals surface area contributed by atoms with Crippen LogP contribution in [0.5, 0.6) is 0 Å². The van der Waals surface area contributed by atoms with Gasteiger partial charge in [-0.25, -0.2) is 0 Å². The predicted molar refractivity (Wildman–Crippen MR) is 85.5 cm³/mol. The molecule has 0 bridgehead atoms. The van der Waals surface area contributed by atoms with Crippen LogP contribution in [0.3, 0.4) is 0 Å². The predicted octanol–water partition coefficient (Wildman–Crippen LogP) is 2.87. The molecule has 1 aliphatic carbocycles. The van der Waals surface area contributed by atoms with E-state index in [2.05, 4.69) is 17.1 Å². The lowest BCUT2D eigenvalue weighted by molar-refractivity contribution is -0.146. The number of carboxylic acid groups (broad SMARTS) is 1. The number of carbonyl (C=O) groups is 1. The van der Waals surface area contributed by atoms with Crippen LogP contribution in [0.2, 0.25) is 0 Å². The molecule has 1 saturated heterocycles. The highest BCUT2D eigenvalue weighted by atomic mass is 16.4. The average Bonchev–Trinajstić information content (AvgIpc) is 2.90. The molecule has 2 aliphatic rings. The van der Waals surface area contributed by atoms with E-state index in [-0.39, 0.29) is 5.92 Å². The van der Waals surface area contributed by atoms with Crippen molar-refractivity contribution in [1.82, 2.24) is 10.2 Å². The van der Waals surface area contributed by atoms with Crippen molar-refractivity contribution >= 4 is 5.97 Å². The van der Waals surface area contributed by atoms with Crippen LogP contribution in [-0.4, -0.2) is 47.2 Å². The second-order valence-corrected chi connectivity index (χ2v) is 6.78. The Morgan fingerprint density at radius 2 is 2.10 bits per heavy atom. The summed E-state index contributed by atoms with van der Waals surface area (Å²) >= 11 is 0. The largest absolute Gasteiger partial charge is 0.480 e. The van der Waals surface area contributed by atoms with Crippen LogP contribution < -0.4 is 5.32 Å². The molecule has 0 spiro atoms. The molecule has 4 nitrogen and oxygen atoms in total. The minimum absolute atomic E-state index is 0.286. The van der Waals surface area contributed by atoms with Gasteiger partial charge in [-0.05, 0) is 64.1 Å². The van der Waals surface area contributed by atoms with Crippen LogP contribution in [0.15, 0.2) is 0 Å². The van der Waals surface area contributed by atoms with Crippen molar-refractivity contribution in [2.75, 3.05) is 19.6 Å². The highest BCUT2D eigenvalue weighted by Crippen LogP contribution is 2.38. The first-order valence-electron chi connectivity index (χ1n) is 8.86. The molecular formula is C17H32N2O2. The molecule has 3 atom stereocenters. The van der Waals surface area contributed by atoms with Crippen LogP contribution in [0.1, 0.15) is 65.2 Å². The lowest BCUT2D eigenvalue weighted by Crippen LogP contribution is -2.55. The summed E-state index contributed by atoms with van der Waals surface area (Å²) < 4.78 is 0. The van der Waals surface area contributed by atoms with Crippen LogP contribution >= 0.6 is 0 Å². The van der Waals surface area contributed by atoms with Gasteiger partial charge in [-0.3, -0.25) is 4.79 Å². The molecule has 1 aliphatic heterocycles. The van der Waals surface area contributed by atoms with Crippen molar-refractivity contribution in [3.63, 3.8) is 0 Å². The number of likely N-dealkylation sites (tertiary alicyclic amines) is 1. The summed E-state index contributed by atoms with van der Waals surface area (Å²) in [6.45, 7) is 7.30. The van der Waals surface area contributed by atoms with E-state index in [0.717, 1.165) is 44.8 Å². The van der Waals surface area contributed by atoms with Crippen molar-refractivity contribution in [2.24, 2.45) is 5.92 Å². The third kappa shape index (κ3) is 3.59. The quantitative estimate of drug-likeness (QED) is 0.758. The third-order valence-corrected chi connectivity index (χ3v) is 5.68.